The van der Waals surface area contributed by atoms with Crippen molar-refractivity contribution in [2.75, 3.05) is 6.54 Å². The van der Waals surface area contributed by atoms with Gasteiger partial charge in [0, 0.05) is 6.04 Å². The van der Waals surface area contributed by atoms with Crippen LogP contribution < -0.4 is 0 Å². The van der Waals surface area contributed by atoms with Crippen LogP contribution in [0.4, 0.5) is 0 Å². The summed E-state index contributed by atoms with van der Waals surface area (Å²) in [5, 5.41) is 9.37. The van der Waals surface area contributed by atoms with Crippen molar-refractivity contribution in [3.05, 3.63) is 0 Å². The first-order valence-corrected chi connectivity index (χ1v) is 5.94. The second kappa shape index (κ2) is 6.11. The van der Waals surface area contributed by atoms with Crippen LogP contribution in [0.5, 0.6) is 0 Å². The molecule has 0 saturated heterocycles. The van der Waals surface area contributed by atoms with Crippen LogP contribution in [0.25, 0.3) is 0 Å². The van der Waals surface area contributed by atoms with E-state index in [-0.39, 0.29) is 0 Å². The van der Waals surface area contributed by atoms with Crippen LogP contribution in [-0.4, -0.2) is 34.1 Å². The molecule has 0 aliphatic carbocycles. The maximum atomic E-state index is 11.4. The Balaban J connectivity index is 4.92. The van der Waals surface area contributed by atoms with Gasteiger partial charge in [0.05, 0.1) is 0 Å². The Morgan fingerprint density at radius 2 is 1.93 bits per heavy atom. The van der Waals surface area contributed by atoms with Crippen molar-refractivity contribution in [3.63, 3.8) is 0 Å². The Hall–Kier alpha value is -0.570. The monoisotopic (exact) mass is 215 g/mol. The number of hydrogen-bond acceptors (Lipinski definition) is 2. The Labute approximate surface area is 93.5 Å². The lowest BCUT2D eigenvalue weighted by molar-refractivity contribution is -0.152. The molecule has 0 aromatic carbocycles. The number of carbonyl (C=O) groups is 1. The lowest BCUT2D eigenvalue weighted by Gasteiger charge is -2.41. The molecule has 0 fully saturated rings. The lowest BCUT2D eigenvalue weighted by Crippen LogP contribution is -2.55. The predicted octanol–water partition coefficient (Wildman–Crippen LogP) is 2.75. The summed E-state index contributed by atoms with van der Waals surface area (Å²) in [5.41, 5.74) is -0.709. The molecular formula is C12H25NO2. The van der Waals surface area contributed by atoms with Crippen molar-refractivity contribution in [1.29, 1.82) is 0 Å². The summed E-state index contributed by atoms with van der Waals surface area (Å²) in [6.07, 6.45) is 2.59. The van der Waals surface area contributed by atoms with Gasteiger partial charge in [-0.1, -0.05) is 27.2 Å². The highest BCUT2D eigenvalue weighted by Crippen LogP contribution is 2.25. The topological polar surface area (TPSA) is 40.5 Å². The highest BCUT2D eigenvalue weighted by atomic mass is 16.4. The van der Waals surface area contributed by atoms with Crippen molar-refractivity contribution in [1.82, 2.24) is 4.90 Å². The number of aliphatic carboxylic acids is 1. The van der Waals surface area contributed by atoms with E-state index >= 15 is 0 Å². The third-order valence-electron chi connectivity index (χ3n) is 3.30. The summed E-state index contributed by atoms with van der Waals surface area (Å²) in [7, 11) is 0. The molecular weight excluding hydrogens is 190 g/mol. The lowest BCUT2D eigenvalue weighted by atomic mass is 9.92. The van der Waals surface area contributed by atoms with Gasteiger partial charge in [-0.25, -0.2) is 0 Å². The maximum absolute atomic E-state index is 11.4. The van der Waals surface area contributed by atoms with Crippen LogP contribution in [-0.2, 0) is 4.79 Å². The Kier molecular flexibility index (Phi) is 5.88. The molecule has 0 saturated carbocycles. The molecule has 1 N–H and O–H groups in total. The van der Waals surface area contributed by atoms with E-state index in [4.69, 9.17) is 0 Å². The van der Waals surface area contributed by atoms with E-state index in [0.717, 1.165) is 19.4 Å². The van der Waals surface area contributed by atoms with Crippen molar-refractivity contribution < 1.29 is 9.90 Å². The molecule has 0 aliphatic heterocycles. The van der Waals surface area contributed by atoms with Crippen LogP contribution in [0.1, 0.15) is 53.9 Å². The molecule has 0 rings (SSSR count). The molecule has 0 bridgehead atoms. The van der Waals surface area contributed by atoms with E-state index < -0.39 is 11.5 Å². The molecule has 0 aromatic heterocycles. The van der Waals surface area contributed by atoms with Crippen molar-refractivity contribution in [2.24, 2.45) is 0 Å². The van der Waals surface area contributed by atoms with Gasteiger partial charge in [-0.2, -0.15) is 0 Å². The SMILES string of the molecule is CCCC(C)(C(=O)O)N(CC)C(C)CC. The molecule has 15 heavy (non-hydrogen) atoms. The van der Waals surface area contributed by atoms with Gasteiger partial charge in [-0.15, -0.1) is 0 Å². The van der Waals surface area contributed by atoms with Crippen LogP contribution in [0.15, 0.2) is 0 Å². The second-order valence-corrected chi connectivity index (χ2v) is 4.37. The smallest absolute Gasteiger partial charge is 0.323 e. The molecule has 0 aliphatic rings. The minimum absolute atomic E-state index is 0.322. The summed E-state index contributed by atoms with van der Waals surface area (Å²) >= 11 is 0. The van der Waals surface area contributed by atoms with E-state index in [1.807, 2.05) is 20.8 Å². The van der Waals surface area contributed by atoms with E-state index in [9.17, 15) is 9.90 Å². The number of carboxylic acids is 1. The van der Waals surface area contributed by atoms with Gasteiger partial charge in [-0.3, -0.25) is 9.69 Å². The number of nitrogens with zero attached hydrogens (tertiary/aromatic N) is 1. The zero-order valence-electron chi connectivity index (χ0n) is 10.7. The molecule has 3 heteroatoms. The van der Waals surface area contributed by atoms with Crippen molar-refractivity contribution in [2.45, 2.75) is 65.5 Å². The van der Waals surface area contributed by atoms with E-state index in [1.54, 1.807) is 0 Å². The predicted molar refractivity (Wildman–Crippen MR) is 63.1 cm³/mol. The van der Waals surface area contributed by atoms with E-state index in [1.165, 1.54) is 0 Å². The third-order valence-corrected chi connectivity index (χ3v) is 3.30. The zero-order valence-corrected chi connectivity index (χ0v) is 10.7. The molecule has 0 radical (unpaired) electrons. The van der Waals surface area contributed by atoms with Crippen molar-refractivity contribution in [3.8, 4) is 0 Å². The normalized spacial score (nSPS) is 17.5. The minimum Gasteiger partial charge on any atom is -0.480 e. The van der Waals surface area contributed by atoms with Gasteiger partial charge in [0.1, 0.15) is 5.54 Å². The molecule has 0 spiro atoms. The molecule has 2 unspecified atom stereocenters. The Morgan fingerprint density at radius 3 is 2.20 bits per heavy atom. The highest BCUT2D eigenvalue weighted by molar-refractivity contribution is 5.78. The third kappa shape index (κ3) is 3.20. The van der Waals surface area contributed by atoms with Gasteiger partial charge >= 0.3 is 5.97 Å². The molecule has 0 heterocycles. The van der Waals surface area contributed by atoms with E-state index in [0.29, 0.717) is 12.5 Å². The maximum Gasteiger partial charge on any atom is 0.323 e. The second-order valence-electron chi connectivity index (χ2n) is 4.37. The highest BCUT2D eigenvalue weighted by Gasteiger charge is 2.39. The zero-order chi connectivity index (χ0) is 12.1. The van der Waals surface area contributed by atoms with Gasteiger partial charge in [0.25, 0.3) is 0 Å². The summed E-state index contributed by atoms with van der Waals surface area (Å²) < 4.78 is 0. The number of rotatable bonds is 7. The fourth-order valence-electron chi connectivity index (χ4n) is 2.23. The summed E-state index contributed by atoms with van der Waals surface area (Å²) in [5.74, 6) is -0.702. The van der Waals surface area contributed by atoms with E-state index in [2.05, 4.69) is 18.7 Å². The van der Waals surface area contributed by atoms with Crippen LogP contribution >= 0.6 is 0 Å². The summed E-state index contributed by atoms with van der Waals surface area (Å²) in [6.45, 7) is 10.9. The van der Waals surface area contributed by atoms with Gasteiger partial charge in [-0.05, 0) is 33.2 Å². The average molecular weight is 215 g/mol. The van der Waals surface area contributed by atoms with Crippen LogP contribution in [0.3, 0.4) is 0 Å². The van der Waals surface area contributed by atoms with Gasteiger partial charge < -0.3 is 5.11 Å². The van der Waals surface area contributed by atoms with Crippen molar-refractivity contribution >= 4 is 5.97 Å². The van der Waals surface area contributed by atoms with Gasteiger partial charge in [0.2, 0.25) is 0 Å². The first-order valence-electron chi connectivity index (χ1n) is 5.94. The molecule has 0 aromatic rings. The molecule has 90 valence electrons. The largest absolute Gasteiger partial charge is 0.480 e. The fourth-order valence-corrected chi connectivity index (χ4v) is 2.23. The standard InChI is InChI=1S/C12H25NO2/c1-6-9-12(5,11(14)15)13(8-3)10(4)7-2/h10H,6-9H2,1-5H3,(H,14,15). The number of hydrogen-bond donors (Lipinski definition) is 1. The molecule has 2 atom stereocenters. The Bertz CT molecular complexity index is 206. The Morgan fingerprint density at radius 1 is 1.40 bits per heavy atom. The first-order chi connectivity index (χ1) is 6.93. The van der Waals surface area contributed by atoms with Crippen LogP contribution in [0, 0.1) is 0 Å². The van der Waals surface area contributed by atoms with Gasteiger partial charge in [0.15, 0.2) is 0 Å². The fraction of sp³-hybridized carbons (Fsp3) is 0.917. The molecule has 3 nitrogen and oxygen atoms in total. The first kappa shape index (κ1) is 14.4. The quantitative estimate of drug-likeness (QED) is 0.710. The minimum atomic E-state index is -0.709. The summed E-state index contributed by atoms with van der Waals surface area (Å²) in [4.78, 5) is 13.5. The number of likely N-dealkylation sites (N-methyl/N-ethyl adjacent to an activating group) is 1. The molecule has 0 amide bonds. The number of carboxylic acid groups (broad SMARTS) is 1. The summed E-state index contributed by atoms with van der Waals surface area (Å²) in [6, 6.07) is 0.322. The average Bonchev–Trinajstić information content (AvgIpc) is 2.18. The van der Waals surface area contributed by atoms with Crippen LogP contribution in [0.2, 0.25) is 0 Å².